The summed E-state index contributed by atoms with van der Waals surface area (Å²) in [5, 5.41) is 1.96. The Kier molecular flexibility index (Phi) is 9.76. The summed E-state index contributed by atoms with van der Waals surface area (Å²) in [6.45, 7) is 4.10. The molecule has 10 rings (SSSR count). The summed E-state index contributed by atoms with van der Waals surface area (Å²) in [4.78, 5) is 22.0. The molecule has 6 aromatic carbocycles. The van der Waals surface area contributed by atoms with Gasteiger partial charge in [0.25, 0.3) is 0 Å². The van der Waals surface area contributed by atoms with Gasteiger partial charge in [-0.3, -0.25) is 4.57 Å². The van der Waals surface area contributed by atoms with E-state index in [0.29, 0.717) is 52.2 Å². The van der Waals surface area contributed by atoms with Gasteiger partial charge in [0.05, 0.1) is 11.0 Å². The summed E-state index contributed by atoms with van der Waals surface area (Å²) in [5.74, 6) is 5.14. The molecule has 0 fully saturated rings. The lowest BCUT2D eigenvalue weighted by atomic mass is 9.99. The molecule has 0 aliphatic heterocycles. The number of fused-ring (bicyclic) bond motifs is 3. The first-order valence-electron chi connectivity index (χ1n) is 19.7. The highest BCUT2D eigenvalue weighted by molar-refractivity contribution is 6.09. The third-order valence-electron chi connectivity index (χ3n) is 10.2. The van der Waals surface area contributed by atoms with Gasteiger partial charge in [-0.1, -0.05) is 72.8 Å². The molecule has 0 spiro atoms. The molecule has 10 aromatic rings. The Morgan fingerprint density at radius 2 is 0.869 bits per heavy atom. The van der Waals surface area contributed by atoms with E-state index < -0.39 is 0 Å². The van der Waals surface area contributed by atoms with Crippen LogP contribution < -0.4 is 18.9 Å². The van der Waals surface area contributed by atoms with Gasteiger partial charge in [-0.15, -0.1) is 0 Å². The zero-order valence-corrected chi connectivity index (χ0v) is 33.1. The fourth-order valence-corrected chi connectivity index (χ4v) is 7.65. The maximum atomic E-state index is 6.83. The van der Waals surface area contributed by atoms with Crippen molar-refractivity contribution < 1.29 is 18.9 Å². The van der Waals surface area contributed by atoms with Crippen LogP contribution in [0.3, 0.4) is 0 Å². The van der Waals surface area contributed by atoms with Gasteiger partial charge in [0.15, 0.2) is 0 Å². The molecule has 0 unspecified atom stereocenters. The van der Waals surface area contributed by atoms with Crippen LogP contribution in [0.25, 0.3) is 50.0 Å². The van der Waals surface area contributed by atoms with Crippen LogP contribution in [0.5, 0.6) is 46.3 Å². The Labute approximate surface area is 351 Å². The van der Waals surface area contributed by atoms with Crippen molar-refractivity contribution in [2.75, 3.05) is 0 Å². The molecule has 0 aliphatic carbocycles. The second kappa shape index (κ2) is 16.1. The third-order valence-corrected chi connectivity index (χ3v) is 10.2. The van der Waals surface area contributed by atoms with Gasteiger partial charge >= 0.3 is 0 Å². The van der Waals surface area contributed by atoms with E-state index in [4.69, 9.17) is 18.9 Å². The van der Waals surface area contributed by atoms with E-state index in [9.17, 15) is 0 Å². The number of nitrogens with zero attached hydrogens (tertiary/aromatic N) is 6. The maximum absolute atomic E-state index is 6.83. The second-order valence-electron chi connectivity index (χ2n) is 14.3. The molecule has 294 valence electrons. The number of pyridine rings is 2. The minimum absolute atomic E-state index is 0.447. The van der Waals surface area contributed by atoms with E-state index in [1.54, 1.807) is 12.4 Å². The highest BCUT2D eigenvalue weighted by Crippen LogP contribution is 2.44. The summed E-state index contributed by atoms with van der Waals surface area (Å²) in [7, 11) is 0. The zero-order valence-electron chi connectivity index (χ0n) is 33.1. The molecule has 0 aliphatic rings. The Morgan fingerprint density at radius 1 is 0.410 bits per heavy atom. The Bertz CT molecular complexity index is 2950. The van der Waals surface area contributed by atoms with Crippen LogP contribution >= 0.6 is 0 Å². The number of rotatable bonds is 11. The molecular formula is C51H36N6O4. The van der Waals surface area contributed by atoms with Crippen LogP contribution in [0.15, 0.2) is 183 Å². The molecule has 10 heteroatoms. The lowest BCUT2D eigenvalue weighted by molar-refractivity contribution is 0.449. The van der Waals surface area contributed by atoms with E-state index in [1.807, 2.05) is 126 Å². The second-order valence-corrected chi connectivity index (χ2v) is 14.3. The van der Waals surface area contributed by atoms with Crippen LogP contribution in [-0.4, -0.2) is 29.5 Å². The normalized spacial score (nSPS) is 11.1. The van der Waals surface area contributed by atoms with E-state index in [2.05, 4.69) is 75.2 Å². The molecule has 0 N–H and O–H groups in total. The first kappa shape index (κ1) is 36.9. The minimum Gasteiger partial charge on any atom is -0.456 e. The topological polar surface area (TPSA) is 106 Å². The van der Waals surface area contributed by atoms with Crippen molar-refractivity contribution in [3.63, 3.8) is 0 Å². The van der Waals surface area contributed by atoms with Crippen molar-refractivity contribution in [2.24, 2.45) is 0 Å². The SMILES string of the molecule is Cc1cc(Oc2ccccn2)cc(Oc2ccc3c4ccc(Oc5cc(Oc6ccccn6)cc(C)c5-c5ccccc5)cc4n(-c4ncncn4)c3c2)c1-c1ccccc1. The van der Waals surface area contributed by atoms with Crippen molar-refractivity contribution in [1.82, 2.24) is 29.5 Å². The molecule has 4 heterocycles. The predicted octanol–water partition coefficient (Wildman–Crippen LogP) is 12.9. The molecule has 10 nitrogen and oxygen atoms in total. The summed E-state index contributed by atoms with van der Waals surface area (Å²) in [6, 6.07) is 51.4. The largest absolute Gasteiger partial charge is 0.456 e. The number of hydrogen-bond acceptors (Lipinski definition) is 9. The van der Waals surface area contributed by atoms with Crippen molar-refractivity contribution in [3.8, 4) is 74.5 Å². The molecule has 0 radical (unpaired) electrons. The van der Waals surface area contributed by atoms with Gasteiger partial charge in [0, 0.05) is 70.7 Å². The fourth-order valence-electron chi connectivity index (χ4n) is 7.65. The van der Waals surface area contributed by atoms with Crippen LogP contribution in [0, 0.1) is 13.8 Å². The summed E-state index contributed by atoms with van der Waals surface area (Å²) < 4.78 is 28.1. The van der Waals surface area contributed by atoms with E-state index in [0.717, 1.165) is 55.2 Å². The lowest BCUT2D eigenvalue weighted by Crippen LogP contribution is -2.01. The van der Waals surface area contributed by atoms with E-state index >= 15 is 0 Å². The molecule has 0 bridgehead atoms. The van der Waals surface area contributed by atoms with Crippen molar-refractivity contribution >= 4 is 21.8 Å². The van der Waals surface area contributed by atoms with Crippen LogP contribution in [0.4, 0.5) is 0 Å². The van der Waals surface area contributed by atoms with Crippen molar-refractivity contribution in [1.29, 1.82) is 0 Å². The molecule has 0 saturated heterocycles. The first-order valence-corrected chi connectivity index (χ1v) is 19.7. The number of benzene rings is 6. The summed E-state index contributed by atoms with van der Waals surface area (Å²) in [6.07, 6.45) is 6.39. The summed E-state index contributed by atoms with van der Waals surface area (Å²) >= 11 is 0. The van der Waals surface area contributed by atoms with Crippen molar-refractivity contribution in [3.05, 3.63) is 194 Å². The van der Waals surface area contributed by atoms with Crippen molar-refractivity contribution in [2.45, 2.75) is 13.8 Å². The highest BCUT2D eigenvalue weighted by Gasteiger charge is 2.20. The third kappa shape index (κ3) is 7.57. The van der Waals surface area contributed by atoms with Crippen LogP contribution in [-0.2, 0) is 0 Å². The average molecular weight is 797 g/mol. The number of aromatic nitrogens is 6. The molecule has 0 atom stereocenters. The Morgan fingerprint density at radius 3 is 1.31 bits per heavy atom. The van der Waals surface area contributed by atoms with Gasteiger partial charge in [0.1, 0.15) is 47.2 Å². The molecular weight excluding hydrogens is 761 g/mol. The average Bonchev–Trinajstić information content (AvgIpc) is 3.60. The van der Waals surface area contributed by atoms with Gasteiger partial charge in [-0.2, -0.15) is 0 Å². The smallest absolute Gasteiger partial charge is 0.237 e. The maximum Gasteiger partial charge on any atom is 0.237 e. The van der Waals surface area contributed by atoms with E-state index in [1.165, 1.54) is 12.7 Å². The highest BCUT2D eigenvalue weighted by atomic mass is 16.5. The van der Waals surface area contributed by atoms with Gasteiger partial charge in [-0.25, -0.2) is 24.9 Å². The van der Waals surface area contributed by atoms with Gasteiger partial charge in [0.2, 0.25) is 17.7 Å². The van der Waals surface area contributed by atoms with Crippen LogP contribution in [0.2, 0.25) is 0 Å². The number of ether oxygens (including phenoxy) is 4. The summed E-state index contributed by atoms with van der Waals surface area (Å²) in [5.41, 5.74) is 7.59. The molecule has 0 amide bonds. The standard InChI is InChI=1S/C51H36N6O4/c1-33-25-39(60-47-17-9-11-23-53-47)29-45(49(33)35-13-5-3-6-14-35)58-37-19-21-41-42-22-20-38(28-44(42)57(43(41)27-37)51-55-31-52-32-56-51)59-46-30-40(61-48-18-10-12-24-54-48)26-34(2)50(46)36-15-7-4-8-16-36/h3-32H,1-2H3. The molecule has 61 heavy (non-hydrogen) atoms. The number of aryl methyl sites for hydroxylation is 2. The van der Waals surface area contributed by atoms with Gasteiger partial charge < -0.3 is 18.9 Å². The Hall–Kier alpha value is -8.37. The molecule has 4 aromatic heterocycles. The molecule has 0 saturated carbocycles. The zero-order chi connectivity index (χ0) is 41.1. The quantitative estimate of drug-likeness (QED) is 0.126. The van der Waals surface area contributed by atoms with Crippen LogP contribution in [0.1, 0.15) is 11.1 Å². The van der Waals surface area contributed by atoms with E-state index in [-0.39, 0.29) is 0 Å². The minimum atomic E-state index is 0.447. The monoisotopic (exact) mass is 796 g/mol. The first-order chi connectivity index (χ1) is 30.0. The number of hydrogen-bond donors (Lipinski definition) is 0. The lowest BCUT2D eigenvalue weighted by Gasteiger charge is -2.17. The predicted molar refractivity (Wildman–Crippen MR) is 236 cm³/mol. The van der Waals surface area contributed by atoms with Gasteiger partial charge in [-0.05, 0) is 84.6 Å². The Balaban J connectivity index is 1.08. The fraction of sp³-hybridized carbons (Fsp3) is 0.0392.